The Morgan fingerprint density at radius 3 is 2.52 bits per heavy atom. The Bertz CT molecular complexity index is 1150. The van der Waals surface area contributed by atoms with Crippen molar-refractivity contribution in [1.82, 2.24) is 0 Å². The molecule has 2 aromatic rings. The van der Waals surface area contributed by atoms with Crippen LogP contribution in [0, 0.1) is 20.2 Å². The van der Waals surface area contributed by atoms with Crippen LogP contribution >= 0.6 is 0 Å². The highest BCUT2D eigenvalue weighted by Crippen LogP contribution is 2.37. The van der Waals surface area contributed by atoms with Crippen LogP contribution in [-0.2, 0) is 19.6 Å². The highest BCUT2D eigenvalue weighted by molar-refractivity contribution is 7.87. The number of ether oxygens (including phenoxy) is 1. The van der Waals surface area contributed by atoms with Crippen LogP contribution in [0.25, 0.3) is 0 Å². The number of nitrogens with zero attached hydrogens (tertiary/aromatic N) is 3. The standard InChI is InChI=1S/C18H17N3O9S/c1-29-18(22)16-6-3-9-19(16)15-8-7-13(11-17(15)21(25)26)30-31(27,28)14-5-2-4-12(10-14)20(23)24/h2,4-5,7-8,10-11,16H,3,6,9H2,1H3. The van der Waals surface area contributed by atoms with Crippen LogP contribution in [0.4, 0.5) is 17.1 Å². The molecular weight excluding hydrogens is 434 g/mol. The van der Waals surface area contributed by atoms with Gasteiger partial charge in [-0.05, 0) is 31.0 Å². The van der Waals surface area contributed by atoms with Crippen molar-refractivity contribution in [2.24, 2.45) is 0 Å². The molecule has 13 heteroatoms. The lowest BCUT2D eigenvalue weighted by atomic mass is 10.2. The number of esters is 1. The lowest BCUT2D eigenvalue weighted by Crippen LogP contribution is -2.37. The molecule has 0 N–H and O–H groups in total. The molecule has 3 rings (SSSR count). The van der Waals surface area contributed by atoms with Crippen LogP contribution in [0.1, 0.15) is 12.8 Å². The van der Waals surface area contributed by atoms with Gasteiger partial charge in [-0.1, -0.05) is 6.07 Å². The van der Waals surface area contributed by atoms with Crippen LogP contribution in [0.5, 0.6) is 5.75 Å². The fourth-order valence-electron chi connectivity index (χ4n) is 3.31. The molecule has 1 heterocycles. The Kier molecular flexibility index (Phi) is 6.06. The Hall–Kier alpha value is -3.74. The molecule has 1 aliphatic rings. The van der Waals surface area contributed by atoms with Crippen LogP contribution in [0.15, 0.2) is 47.4 Å². The molecular formula is C18H17N3O9S. The van der Waals surface area contributed by atoms with E-state index < -0.39 is 48.2 Å². The molecule has 0 bridgehead atoms. The predicted molar refractivity (Wildman–Crippen MR) is 106 cm³/mol. The second kappa shape index (κ2) is 8.55. The summed E-state index contributed by atoms with van der Waals surface area (Å²) in [5, 5.41) is 22.5. The van der Waals surface area contributed by atoms with Gasteiger partial charge in [0.2, 0.25) is 0 Å². The van der Waals surface area contributed by atoms with E-state index in [0.29, 0.717) is 19.4 Å². The molecule has 31 heavy (non-hydrogen) atoms. The van der Waals surface area contributed by atoms with E-state index in [4.69, 9.17) is 8.92 Å². The zero-order valence-corrected chi connectivity index (χ0v) is 17.0. The Balaban J connectivity index is 1.94. The first-order chi connectivity index (χ1) is 14.6. The fourth-order valence-corrected chi connectivity index (χ4v) is 4.27. The largest absolute Gasteiger partial charge is 0.467 e. The smallest absolute Gasteiger partial charge is 0.339 e. The molecule has 0 radical (unpaired) electrons. The van der Waals surface area contributed by atoms with Gasteiger partial charge in [0.05, 0.1) is 23.0 Å². The van der Waals surface area contributed by atoms with Crippen LogP contribution < -0.4 is 9.08 Å². The Morgan fingerprint density at radius 1 is 1.13 bits per heavy atom. The second-order valence-corrected chi connectivity index (χ2v) is 8.12. The maximum absolute atomic E-state index is 12.5. The van der Waals surface area contributed by atoms with Crippen molar-refractivity contribution in [1.29, 1.82) is 0 Å². The van der Waals surface area contributed by atoms with Gasteiger partial charge in [-0.2, -0.15) is 8.42 Å². The quantitative estimate of drug-likeness (QED) is 0.265. The zero-order chi connectivity index (χ0) is 22.8. The van der Waals surface area contributed by atoms with E-state index in [1.165, 1.54) is 30.2 Å². The molecule has 1 fully saturated rings. The van der Waals surface area contributed by atoms with E-state index in [1.54, 1.807) is 0 Å². The third kappa shape index (κ3) is 4.55. The molecule has 0 saturated carbocycles. The molecule has 12 nitrogen and oxygen atoms in total. The van der Waals surface area contributed by atoms with Gasteiger partial charge in [0, 0.05) is 18.7 Å². The molecule has 164 valence electrons. The lowest BCUT2D eigenvalue weighted by molar-refractivity contribution is -0.385. The SMILES string of the molecule is COC(=O)C1CCCN1c1ccc(OS(=O)(=O)c2cccc([N+](=O)[O-])c2)cc1[N+](=O)[O-]. The van der Waals surface area contributed by atoms with Crippen LogP contribution in [0.2, 0.25) is 0 Å². The summed E-state index contributed by atoms with van der Waals surface area (Å²) < 4.78 is 34.7. The summed E-state index contributed by atoms with van der Waals surface area (Å²) >= 11 is 0. The highest BCUT2D eigenvalue weighted by atomic mass is 32.2. The van der Waals surface area contributed by atoms with Crippen molar-refractivity contribution in [3.63, 3.8) is 0 Å². The number of hydrogen-bond donors (Lipinski definition) is 0. The Labute approximate surface area is 176 Å². The van der Waals surface area contributed by atoms with E-state index in [-0.39, 0.29) is 11.4 Å². The summed E-state index contributed by atoms with van der Waals surface area (Å²) in [6.45, 7) is 0.382. The zero-order valence-electron chi connectivity index (χ0n) is 16.2. The van der Waals surface area contributed by atoms with Gasteiger partial charge in [0.25, 0.3) is 11.4 Å². The molecule has 0 amide bonds. The summed E-state index contributed by atoms with van der Waals surface area (Å²) in [5.74, 6) is -0.879. The van der Waals surface area contributed by atoms with Crippen molar-refractivity contribution in [2.45, 2.75) is 23.8 Å². The maximum atomic E-state index is 12.5. The minimum Gasteiger partial charge on any atom is -0.467 e. The minimum atomic E-state index is -4.49. The van der Waals surface area contributed by atoms with Crippen molar-refractivity contribution in [3.05, 3.63) is 62.7 Å². The number of methoxy groups -OCH3 is 1. The molecule has 2 aromatic carbocycles. The molecule has 1 saturated heterocycles. The van der Waals surface area contributed by atoms with E-state index in [9.17, 15) is 33.4 Å². The molecule has 0 spiro atoms. The molecule has 1 unspecified atom stereocenters. The summed E-state index contributed by atoms with van der Waals surface area (Å²) in [4.78, 5) is 34.1. The average Bonchev–Trinajstić information content (AvgIpc) is 3.22. The first kappa shape index (κ1) is 22.0. The van der Waals surface area contributed by atoms with Crippen molar-refractivity contribution in [2.75, 3.05) is 18.6 Å². The van der Waals surface area contributed by atoms with Crippen LogP contribution in [-0.4, -0.2) is 43.9 Å². The molecule has 1 aliphatic heterocycles. The monoisotopic (exact) mass is 451 g/mol. The van der Waals surface area contributed by atoms with E-state index in [0.717, 1.165) is 24.3 Å². The number of carbonyl (C=O) groups is 1. The lowest BCUT2D eigenvalue weighted by Gasteiger charge is -2.24. The fraction of sp³-hybridized carbons (Fsp3) is 0.278. The topological polar surface area (TPSA) is 159 Å². The third-order valence-electron chi connectivity index (χ3n) is 4.70. The molecule has 1 atom stereocenters. The number of anilines is 1. The van der Waals surface area contributed by atoms with Crippen molar-refractivity contribution >= 4 is 33.1 Å². The van der Waals surface area contributed by atoms with Gasteiger partial charge in [-0.3, -0.25) is 20.2 Å². The first-order valence-corrected chi connectivity index (χ1v) is 10.4. The first-order valence-electron chi connectivity index (χ1n) is 8.96. The van der Waals surface area contributed by atoms with E-state index in [2.05, 4.69) is 0 Å². The number of rotatable bonds is 7. The predicted octanol–water partition coefficient (Wildman–Crippen LogP) is 2.41. The van der Waals surface area contributed by atoms with Gasteiger partial charge in [0.1, 0.15) is 22.4 Å². The average molecular weight is 451 g/mol. The van der Waals surface area contributed by atoms with Gasteiger partial charge in [-0.15, -0.1) is 0 Å². The van der Waals surface area contributed by atoms with E-state index in [1.807, 2.05) is 0 Å². The Morgan fingerprint density at radius 2 is 1.87 bits per heavy atom. The number of hydrogen-bond acceptors (Lipinski definition) is 10. The maximum Gasteiger partial charge on any atom is 0.339 e. The number of nitro groups is 2. The summed E-state index contributed by atoms with van der Waals surface area (Å²) in [6.07, 6.45) is 1.08. The third-order valence-corrected chi connectivity index (χ3v) is 5.95. The van der Waals surface area contributed by atoms with E-state index >= 15 is 0 Å². The summed E-state index contributed by atoms with van der Waals surface area (Å²) in [7, 11) is -3.26. The summed E-state index contributed by atoms with van der Waals surface area (Å²) in [6, 6.07) is 6.97. The van der Waals surface area contributed by atoms with Crippen molar-refractivity contribution < 1.29 is 32.0 Å². The minimum absolute atomic E-state index is 0.123. The number of nitro benzene ring substituents is 2. The van der Waals surface area contributed by atoms with Gasteiger partial charge >= 0.3 is 16.1 Å². The van der Waals surface area contributed by atoms with Crippen molar-refractivity contribution in [3.8, 4) is 5.75 Å². The number of carbonyl (C=O) groups excluding carboxylic acids is 1. The number of benzene rings is 2. The van der Waals surface area contributed by atoms with Gasteiger partial charge < -0.3 is 13.8 Å². The normalized spacial score (nSPS) is 16.0. The van der Waals surface area contributed by atoms with Crippen LogP contribution in [0.3, 0.4) is 0 Å². The molecule has 0 aromatic heterocycles. The highest BCUT2D eigenvalue weighted by Gasteiger charge is 2.35. The second-order valence-electron chi connectivity index (χ2n) is 6.57. The summed E-state index contributed by atoms with van der Waals surface area (Å²) in [5.41, 5.74) is -0.783. The number of non-ortho nitro benzene ring substituents is 1. The van der Waals surface area contributed by atoms with Gasteiger partial charge in [-0.25, -0.2) is 4.79 Å². The van der Waals surface area contributed by atoms with Gasteiger partial charge in [0.15, 0.2) is 0 Å². The molecule has 0 aliphatic carbocycles.